The van der Waals surface area contributed by atoms with E-state index in [0.29, 0.717) is 0 Å². The molecule has 0 aromatic rings. The van der Waals surface area contributed by atoms with Gasteiger partial charge in [-0.1, -0.05) is 0 Å². The summed E-state index contributed by atoms with van der Waals surface area (Å²) in [4.78, 5) is 11.0. The van der Waals surface area contributed by atoms with Gasteiger partial charge in [0.1, 0.15) is 18.3 Å². The Morgan fingerprint density at radius 1 is 0.514 bits per heavy atom. The van der Waals surface area contributed by atoms with Crippen molar-refractivity contribution in [2.24, 2.45) is 0 Å². The Morgan fingerprint density at radius 3 is 1.11 bits per heavy atom. The Hall–Kier alpha value is 7.20. The number of hydrogen-bond acceptors (Lipinski definition) is 21. The minimum atomic E-state index is -6.25. The minimum absolute atomic E-state index is 0. The van der Waals surface area contributed by atoms with E-state index in [4.69, 9.17) is 0 Å². The summed E-state index contributed by atoms with van der Waals surface area (Å²) in [6.45, 7) is -2.12. The van der Waals surface area contributed by atoms with E-state index in [-0.39, 0.29) is 257 Å². The number of carbonyl (C=O) groups excluding carboxylic acids is 1. The third kappa shape index (κ3) is 32.9. The third-order valence-corrected chi connectivity index (χ3v) is 4.73. The maximum absolute atomic E-state index is 11.0. The topological polar surface area (TPSA) is 349 Å². The van der Waals surface area contributed by atoms with Crippen molar-refractivity contribution in [3.05, 3.63) is 0 Å². The zero-order valence-corrected chi connectivity index (χ0v) is 38.9. The van der Waals surface area contributed by atoms with Crippen LogP contribution in [0.5, 0.6) is 0 Å². The first-order chi connectivity index (χ1) is 13.9. The first-order valence-corrected chi connectivity index (χ1v) is 13.2. The van der Waals surface area contributed by atoms with Crippen LogP contribution in [0, 0.1) is 0 Å². The Kier molecular flexibility index (Phi) is 37.2. The van der Waals surface area contributed by atoms with Gasteiger partial charge in [0, 0.05) is 0 Å². The minimum Gasteiger partial charge on any atom is -0.726 e. The molecule has 0 aliphatic carbocycles. The van der Waals surface area contributed by atoms with Crippen molar-refractivity contribution in [3.8, 4) is 0 Å². The van der Waals surface area contributed by atoms with Gasteiger partial charge in [-0.05, 0) is 0 Å². The number of hydrogen-bond donors (Lipinski definition) is 0. The quantitative estimate of drug-likeness (QED) is 0.0645. The van der Waals surface area contributed by atoms with Crippen molar-refractivity contribution < 1.29 is 347 Å². The van der Waals surface area contributed by atoms with Crippen molar-refractivity contribution >= 4 is 58.3 Å². The summed E-state index contributed by atoms with van der Waals surface area (Å²) in [5.41, 5.74) is 0. The van der Waals surface area contributed by atoms with Gasteiger partial charge in [0.25, 0.3) is 0 Å². The van der Waals surface area contributed by atoms with Gasteiger partial charge in [-0.15, -0.1) is 0 Å². The summed E-state index contributed by atoms with van der Waals surface area (Å²) in [5.74, 6) is 0. The molecular formula is C6H7K5O21S5. The second kappa shape index (κ2) is 24.4. The van der Waals surface area contributed by atoms with Crippen LogP contribution in [0.1, 0.15) is 0 Å². The molecule has 37 heavy (non-hydrogen) atoms. The summed E-state index contributed by atoms with van der Waals surface area (Å²) >= 11 is 0. The van der Waals surface area contributed by atoms with Crippen LogP contribution in [0.4, 0.5) is 0 Å². The molecule has 0 heterocycles. The number of aldehydes is 1. The molecule has 0 N–H and O–H groups in total. The Bertz CT molecular complexity index is 1190. The van der Waals surface area contributed by atoms with E-state index in [1.807, 2.05) is 0 Å². The Morgan fingerprint density at radius 2 is 0.838 bits per heavy atom. The SMILES string of the molecule is O=C[C@@H](OS(=O)(=O)[O-])[C@@H](OS(=O)(=O)[O-])[C@H](OS(=O)(=O)[O-])[C@@H](COS(=O)(=O)[O-])OS(=O)(=O)[O-].[K+].[K+].[K+].[K+].[K+]. The Balaban J connectivity index is -0.000000480. The molecular weight excluding hydrogens is 764 g/mol. The fraction of sp³-hybridized carbons (Fsp3) is 0.833. The van der Waals surface area contributed by atoms with Crippen LogP contribution in [0.2, 0.25) is 0 Å². The zero-order chi connectivity index (χ0) is 25.8. The second-order valence-corrected chi connectivity index (χ2v) is 9.87. The largest absolute Gasteiger partial charge is 1.00 e. The molecule has 0 saturated carbocycles. The van der Waals surface area contributed by atoms with Gasteiger partial charge in [0.2, 0.25) is 52.0 Å². The van der Waals surface area contributed by atoms with Crippen LogP contribution < -0.4 is 257 Å². The van der Waals surface area contributed by atoms with Crippen molar-refractivity contribution in [1.29, 1.82) is 0 Å². The van der Waals surface area contributed by atoms with Crippen LogP contribution >= 0.6 is 0 Å². The van der Waals surface area contributed by atoms with E-state index >= 15 is 0 Å². The molecule has 21 nitrogen and oxygen atoms in total. The molecule has 4 atom stereocenters. The molecule has 0 fully saturated rings. The van der Waals surface area contributed by atoms with E-state index in [0.717, 1.165) is 0 Å². The summed E-state index contributed by atoms with van der Waals surface area (Å²) in [6.07, 6.45) is -14.3. The molecule has 0 spiro atoms. The molecule has 0 rings (SSSR count). The first-order valence-electron chi connectivity index (χ1n) is 6.54. The molecule has 0 amide bonds. The van der Waals surface area contributed by atoms with Crippen LogP contribution in [0.3, 0.4) is 0 Å². The van der Waals surface area contributed by atoms with Gasteiger partial charge in [0.15, 0.2) is 12.4 Å². The van der Waals surface area contributed by atoms with E-state index in [9.17, 15) is 69.6 Å². The fourth-order valence-electron chi connectivity index (χ4n) is 1.67. The predicted octanol–water partition coefficient (Wildman–Crippen LogP) is -20.9. The average molecular weight is 771 g/mol. The monoisotopic (exact) mass is 770 g/mol. The van der Waals surface area contributed by atoms with Crippen LogP contribution in [-0.2, 0) is 77.7 Å². The molecule has 192 valence electrons. The standard InChI is InChI=1S/C6H12O21S5.5K/c7-1-3(24-29(11,12)13)5(26-31(17,18)19)6(27-32(20,21)22)4(25-30(14,15)16)2-23-28(8,9)10;;;;;/h1,3-6H,2H2,(H,8,9,10)(H,11,12,13)(H,14,15,16)(H,17,18,19)(H,20,21,22);;;;;/q;5*+1/p-5/t3-,4-,5-,6-;;;;;/m1...../s1. The molecule has 0 radical (unpaired) electrons. The van der Waals surface area contributed by atoms with E-state index in [1.54, 1.807) is 0 Å². The summed E-state index contributed by atoms with van der Waals surface area (Å²) in [6, 6.07) is 0. The molecule has 0 saturated heterocycles. The van der Waals surface area contributed by atoms with Crippen LogP contribution in [-0.4, -0.2) is 102 Å². The third-order valence-electron chi connectivity index (χ3n) is 2.45. The van der Waals surface area contributed by atoms with Gasteiger partial charge >= 0.3 is 257 Å². The Labute approximate surface area is 424 Å². The van der Waals surface area contributed by atoms with Crippen LogP contribution in [0.15, 0.2) is 0 Å². The molecule has 0 bridgehead atoms. The molecule has 0 aromatic carbocycles. The van der Waals surface area contributed by atoms with Gasteiger partial charge in [0.05, 0.1) is 6.61 Å². The fourth-order valence-corrected chi connectivity index (χ4v) is 3.86. The van der Waals surface area contributed by atoms with Crippen molar-refractivity contribution in [3.63, 3.8) is 0 Å². The second-order valence-electron chi connectivity index (χ2n) is 4.78. The summed E-state index contributed by atoms with van der Waals surface area (Å²) < 4.78 is 179. The molecule has 0 unspecified atom stereocenters. The van der Waals surface area contributed by atoms with Crippen molar-refractivity contribution in [1.82, 2.24) is 0 Å². The molecule has 31 heteroatoms. The maximum atomic E-state index is 11.0. The summed E-state index contributed by atoms with van der Waals surface area (Å²) in [5, 5.41) is 0. The number of carbonyl (C=O) groups is 1. The molecule has 0 aliphatic heterocycles. The zero-order valence-electron chi connectivity index (χ0n) is 19.2. The van der Waals surface area contributed by atoms with Crippen molar-refractivity contribution in [2.45, 2.75) is 24.4 Å². The van der Waals surface area contributed by atoms with E-state index in [2.05, 4.69) is 20.9 Å². The van der Waals surface area contributed by atoms with Gasteiger partial charge in [-0.25, -0.2) is 42.1 Å². The van der Waals surface area contributed by atoms with Gasteiger partial charge in [-0.2, -0.15) is 0 Å². The van der Waals surface area contributed by atoms with Crippen LogP contribution in [0.25, 0.3) is 0 Å². The normalized spacial score (nSPS) is 15.5. The van der Waals surface area contributed by atoms with E-state index in [1.165, 1.54) is 0 Å². The van der Waals surface area contributed by atoms with E-state index < -0.39 is 89.3 Å². The maximum Gasteiger partial charge on any atom is 1.00 e. The van der Waals surface area contributed by atoms with Gasteiger partial charge in [-0.3, -0.25) is 20.9 Å². The number of rotatable bonds is 15. The summed E-state index contributed by atoms with van der Waals surface area (Å²) in [7, 11) is -30.5. The average Bonchev–Trinajstić information content (AvgIpc) is 2.48. The smallest absolute Gasteiger partial charge is 0.726 e. The van der Waals surface area contributed by atoms with Crippen molar-refractivity contribution in [2.75, 3.05) is 6.61 Å². The molecule has 0 aliphatic rings. The van der Waals surface area contributed by atoms with Gasteiger partial charge < -0.3 is 27.6 Å². The predicted molar refractivity (Wildman–Crippen MR) is 80.0 cm³/mol. The first kappa shape index (κ1) is 56.5. The molecule has 0 aromatic heterocycles.